The molecule has 0 aliphatic carbocycles. The molecule has 2 aliphatic rings. The first kappa shape index (κ1) is 23.5. The normalized spacial score (nSPS) is 20.6. The van der Waals surface area contributed by atoms with Gasteiger partial charge in [0.05, 0.1) is 17.2 Å². The predicted octanol–water partition coefficient (Wildman–Crippen LogP) is 2.36. The Morgan fingerprint density at radius 3 is 2.27 bits per heavy atom. The van der Waals surface area contributed by atoms with Crippen molar-refractivity contribution in [3.05, 3.63) is 29.8 Å². The SMILES string of the molecule is N#Cc1ccccc1N1CCC(N2CCCC(C(N)=O)C2)CC1.O=C(O)C(F)(F)F. The van der Waals surface area contributed by atoms with Gasteiger partial charge >= 0.3 is 12.1 Å². The molecular formula is C20H25F3N4O3. The van der Waals surface area contributed by atoms with Crippen LogP contribution in [0.4, 0.5) is 18.9 Å². The molecule has 2 saturated heterocycles. The number of nitrogens with two attached hydrogens (primary N) is 1. The number of anilines is 1. The second kappa shape index (κ2) is 10.3. The van der Waals surface area contributed by atoms with Gasteiger partial charge in [-0.05, 0) is 44.4 Å². The summed E-state index contributed by atoms with van der Waals surface area (Å²) in [4.78, 5) is 25.1. The van der Waals surface area contributed by atoms with Crippen LogP contribution < -0.4 is 10.6 Å². The van der Waals surface area contributed by atoms with E-state index in [-0.39, 0.29) is 11.8 Å². The number of nitrogens with zero attached hydrogens (tertiary/aromatic N) is 3. The van der Waals surface area contributed by atoms with E-state index in [2.05, 4.69) is 15.9 Å². The fourth-order valence-electron chi connectivity index (χ4n) is 3.89. The van der Waals surface area contributed by atoms with Gasteiger partial charge < -0.3 is 15.7 Å². The van der Waals surface area contributed by atoms with Crippen molar-refractivity contribution in [2.75, 3.05) is 31.1 Å². The quantitative estimate of drug-likeness (QED) is 0.768. The molecule has 2 fully saturated rings. The number of benzene rings is 1. The van der Waals surface area contributed by atoms with Crippen molar-refractivity contribution in [3.8, 4) is 6.07 Å². The standard InChI is InChI=1S/C18H24N4O.C2HF3O2/c19-12-14-4-1-2-6-17(14)21-10-7-16(8-11-21)22-9-3-5-15(13-22)18(20)23;3-2(4,5)1(6)7/h1-2,4,6,15-16H,3,5,7-11,13H2,(H2,20,23);(H,6,7). The van der Waals surface area contributed by atoms with E-state index in [1.165, 1.54) is 0 Å². The molecule has 0 aromatic heterocycles. The van der Waals surface area contributed by atoms with Crippen molar-refractivity contribution >= 4 is 17.6 Å². The van der Waals surface area contributed by atoms with E-state index in [0.29, 0.717) is 6.04 Å². The van der Waals surface area contributed by atoms with E-state index in [1.807, 2.05) is 24.3 Å². The number of carbonyl (C=O) groups excluding carboxylic acids is 1. The number of para-hydroxylation sites is 1. The molecule has 0 bridgehead atoms. The second-order valence-corrected chi connectivity index (χ2v) is 7.39. The third-order valence-electron chi connectivity index (χ3n) is 5.44. The molecule has 1 aromatic carbocycles. The zero-order chi connectivity index (χ0) is 22.3. The van der Waals surface area contributed by atoms with E-state index in [1.54, 1.807) is 0 Å². The van der Waals surface area contributed by atoms with Crippen LogP contribution in [0.2, 0.25) is 0 Å². The summed E-state index contributed by atoms with van der Waals surface area (Å²) in [5, 5.41) is 16.4. The Morgan fingerprint density at radius 2 is 1.73 bits per heavy atom. The highest BCUT2D eigenvalue weighted by molar-refractivity contribution is 5.77. The Kier molecular flexibility index (Phi) is 8.06. The van der Waals surface area contributed by atoms with Gasteiger partial charge in [0.2, 0.25) is 5.91 Å². The lowest BCUT2D eigenvalue weighted by Crippen LogP contribution is -2.50. The number of carboxylic acid groups (broad SMARTS) is 1. The predicted molar refractivity (Wildman–Crippen MR) is 104 cm³/mol. The first-order valence-corrected chi connectivity index (χ1v) is 9.71. The van der Waals surface area contributed by atoms with E-state index in [9.17, 15) is 23.2 Å². The van der Waals surface area contributed by atoms with Crippen LogP contribution in [0.3, 0.4) is 0 Å². The summed E-state index contributed by atoms with van der Waals surface area (Å²) < 4.78 is 31.7. The minimum atomic E-state index is -5.08. The number of primary amides is 1. The zero-order valence-corrected chi connectivity index (χ0v) is 16.4. The van der Waals surface area contributed by atoms with Gasteiger partial charge in [-0.3, -0.25) is 9.69 Å². The van der Waals surface area contributed by atoms with E-state index >= 15 is 0 Å². The molecule has 30 heavy (non-hydrogen) atoms. The minimum Gasteiger partial charge on any atom is -0.475 e. The summed E-state index contributed by atoms with van der Waals surface area (Å²) in [6, 6.07) is 10.6. The van der Waals surface area contributed by atoms with Gasteiger partial charge in [-0.2, -0.15) is 18.4 Å². The summed E-state index contributed by atoms with van der Waals surface area (Å²) in [7, 11) is 0. The molecule has 1 amide bonds. The summed E-state index contributed by atoms with van der Waals surface area (Å²) >= 11 is 0. The average molecular weight is 426 g/mol. The van der Waals surface area contributed by atoms with Crippen LogP contribution in [0.1, 0.15) is 31.2 Å². The van der Waals surface area contributed by atoms with Crippen molar-refractivity contribution in [1.82, 2.24) is 4.90 Å². The first-order chi connectivity index (χ1) is 14.1. The van der Waals surface area contributed by atoms with Gasteiger partial charge in [-0.15, -0.1) is 0 Å². The fourth-order valence-corrected chi connectivity index (χ4v) is 3.89. The number of alkyl halides is 3. The molecule has 0 saturated carbocycles. The Labute approximate surface area is 172 Å². The smallest absolute Gasteiger partial charge is 0.475 e. The number of piperidine rings is 2. The van der Waals surface area contributed by atoms with Gasteiger partial charge in [0.1, 0.15) is 6.07 Å². The van der Waals surface area contributed by atoms with Gasteiger partial charge in [-0.25, -0.2) is 4.79 Å². The highest BCUT2D eigenvalue weighted by Crippen LogP contribution is 2.27. The van der Waals surface area contributed by atoms with Gasteiger partial charge in [-0.1, -0.05) is 12.1 Å². The maximum atomic E-state index is 11.4. The summed E-state index contributed by atoms with van der Waals surface area (Å²) in [5.74, 6) is -2.90. The molecule has 3 N–H and O–H groups in total. The van der Waals surface area contributed by atoms with E-state index in [4.69, 9.17) is 15.6 Å². The molecule has 2 heterocycles. The highest BCUT2D eigenvalue weighted by atomic mass is 19.4. The molecule has 0 spiro atoms. The zero-order valence-electron chi connectivity index (χ0n) is 16.4. The number of amides is 1. The van der Waals surface area contributed by atoms with Crippen LogP contribution in [0.25, 0.3) is 0 Å². The van der Waals surface area contributed by atoms with E-state index in [0.717, 1.165) is 63.1 Å². The van der Waals surface area contributed by atoms with Gasteiger partial charge in [0.25, 0.3) is 0 Å². The van der Waals surface area contributed by atoms with E-state index < -0.39 is 12.1 Å². The summed E-state index contributed by atoms with van der Waals surface area (Å²) in [5.41, 5.74) is 7.28. The molecule has 1 aromatic rings. The van der Waals surface area contributed by atoms with Crippen molar-refractivity contribution in [1.29, 1.82) is 5.26 Å². The molecule has 7 nitrogen and oxygen atoms in total. The molecule has 1 unspecified atom stereocenters. The molecule has 1 atom stereocenters. The van der Waals surface area contributed by atoms with Crippen LogP contribution in [-0.4, -0.2) is 60.3 Å². The molecule has 10 heteroatoms. The molecule has 0 radical (unpaired) electrons. The van der Waals surface area contributed by atoms with Crippen LogP contribution in [0, 0.1) is 17.2 Å². The Morgan fingerprint density at radius 1 is 1.13 bits per heavy atom. The number of nitriles is 1. The summed E-state index contributed by atoms with van der Waals surface area (Å²) in [6.07, 6.45) is -0.943. The molecule has 3 rings (SSSR count). The topological polar surface area (TPSA) is 111 Å². The van der Waals surface area contributed by atoms with Crippen molar-refractivity contribution < 1.29 is 27.9 Å². The number of carboxylic acids is 1. The maximum Gasteiger partial charge on any atom is 0.490 e. The van der Waals surface area contributed by atoms with Gasteiger partial charge in [0.15, 0.2) is 0 Å². The molecule has 164 valence electrons. The third kappa shape index (κ3) is 6.35. The number of carbonyl (C=O) groups is 2. The number of rotatable bonds is 3. The summed E-state index contributed by atoms with van der Waals surface area (Å²) in [6.45, 7) is 3.81. The van der Waals surface area contributed by atoms with Crippen molar-refractivity contribution in [2.24, 2.45) is 11.7 Å². The minimum absolute atomic E-state index is 0.0149. The number of likely N-dealkylation sites (tertiary alicyclic amines) is 1. The Balaban J connectivity index is 0.000000396. The fraction of sp³-hybridized carbons (Fsp3) is 0.550. The number of halogens is 3. The van der Waals surface area contributed by atoms with Crippen LogP contribution in [-0.2, 0) is 9.59 Å². The first-order valence-electron chi connectivity index (χ1n) is 9.71. The number of hydrogen-bond acceptors (Lipinski definition) is 5. The third-order valence-corrected chi connectivity index (χ3v) is 5.44. The highest BCUT2D eigenvalue weighted by Gasteiger charge is 2.38. The lowest BCUT2D eigenvalue weighted by atomic mass is 9.93. The Hall–Kier alpha value is -2.80. The molecule has 2 aliphatic heterocycles. The van der Waals surface area contributed by atoms with Gasteiger partial charge in [0, 0.05) is 25.7 Å². The van der Waals surface area contributed by atoms with Crippen molar-refractivity contribution in [3.63, 3.8) is 0 Å². The van der Waals surface area contributed by atoms with Crippen molar-refractivity contribution in [2.45, 2.75) is 37.9 Å². The monoisotopic (exact) mass is 426 g/mol. The van der Waals surface area contributed by atoms with Crippen LogP contribution >= 0.6 is 0 Å². The van der Waals surface area contributed by atoms with Crippen LogP contribution in [0.15, 0.2) is 24.3 Å². The van der Waals surface area contributed by atoms with Crippen LogP contribution in [0.5, 0.6) is 0 Å². The number of hydrogen-bond donors (Lipinski definition) is 2. The number of aliphatic carboxylic acids is 1. The lowest BCUT2D eigenvalue weighted by Gasteiger charge is -2.42. The maximum absolute atomic E-state index is 11.4. The Bertz CT molecular complexity index is 786. The lowest BCUT2D eigenvalue weighted by molar-refractivity contribution is -0.192. The second-order valence-electron chi connectivity index (χ2n) is 7.39. The average Bonchev–Trinajstić information content (AvgIpc) is 2.73. The largest absolute Gasteiger partial charge is 0.490 e. The molecular weight excluding hydrogens is 401 g/mol.